The van der Waals surface area contributed by atoms with E-state index in [-0.39, 0.29) is 0 Å². The molecule has 0 saturated carbocycles. The summed E-state index contributed by atoms with van der Waals surface area (Å²) >= 11 is 3.34. The maximum absolute atomic E-state index is 12.0. The summed E-state index contributed by atoms with van der Waals surface area (Å²) < 4.78 is 7.36. The van der Waals surface area contributed by atoms with Crippen molar-refractivity contribution >= 4 is 22.0 Å². The van der Waals surface area contributed by atoms with Crippen LogP contribution in [0.25, 0.3) is 11.5 Å². The van der Waals surface area contributed by atoms with Crippen LogP contribution in [-0.4, -0.2) is 31.4 Å². The predicted molar refractivity (Wildman–Crippen MR) is 72.6 cm³/mol. The average molecular weight is 325 g/mol. The van der Waals surface area contributed by atoms with Crippen molar-refractivity contribution in [2.45, 2.75) is 26.4 Å². The van der Waals surface area contributed by atoms with E-state index in [9.17, 15) is 4.79 Å². The van der Waals surface area contributed by atoms with E-state index < -0.39 is 11.7 Å². The first-order chi connectivity index (χ1) is 8.87. The van der Waals surface area contributed by atoms with Crippen molar-refractivity contribution in [3.05, 3.63) is 29.1 Å². The third-order valence-electron chi connectivity index (χ3n) is 2.09. The number of pyridine rings is 1. The molecule has 19 heavy (non-hydrogen) atoms. The molecule has 0 aliphatic carbocycles. The van der Waals surface area contributed by atoms with Gasteiger partial charge in [0.2, 0.25) is 0 Å². The Morgan fingerprint density at radius 3 is 2.79 bits per heavy atom. The van der Waals surface area contributed by atoms with E-state index in [2.05, 4.69) is 31.1 Å². The van der Waals surface area contributed by atoms with Crippen LogP contribution in [0.4, 0.5) is 4.79 Å². The molecule has 100 valence electrons. The lowest BCUT2D eigenvalue weighted by Gasteiger charge is -2.19. The molecule has 0 bridgehead atoms. The molecule has 6 nitrogen and oxygen atoms in total. The van der Waals surface area contributed by atoms with Crippen molar-refractivity contribution < 1.29 is 9.53 Å². The number of carbonyl (C=O) groups excluding carboxylic acids is 1. The van der Waals surface area contributed by atoms with Crippen LogP contribution in [0, 0.1) is 0 Å². The monoisotopic (exact) mass is 324 g/mol. The molecular weight excluding hydrogens is 312 g/mol. The van der Waals surface area contributed by atoms with Gasteiger partial charge in [-0.2, -0.15) is 0 Å². The molecule has 0 aromatic carbocycles. The van der Waals surface area contributed by atoms with E-state index in [1.807, 2.05) is 0 Å². The topological polar surface area (TPSA) is 69.9 Å². The molecule has 0 aliphatic heterocycles. The summed E-state index contributed by atoms with van der Waals surface area (Å²) in [5.41, 5.74) is -0.0405. The van der Waals surface area contributed by atoms with Crippen molar-refractivity contribution in [2.75, 3.05) is 0 Å². The number of carbonyl (C=O) groups is 1. The molecular formula is C12H13BrN4O2. The van der Waals surface area contributed by atoms with Crippen LogP contribution in [0.5, 0.6) is 0 Å². The van der Waals surface area contributed by atoms with Gasteiger partial charge < -0.3 is 4.74 Å². The zero-order chi connectivity index (χ0) is 14.0. The number of rotatable bonds is 1. The van der Waals surface area contributed by atoms with E-state index >= 15 is 0 Å². The van der Waals surface area contributed by atoms with Crippen LogP contribution in [0.1, 0.15) is 20.8 Å². The molecule has 0 spiro atoms. The molecule has 0 fully saturated rings. The van der Waals surface area contributed by atoms with Crippen LogP contribution in [0.15, 0.2) is 29.1 Å². The number of halogens is 1. The van der Waals surface area contributed by atoms with Crippen molar-refractivity contribution in [3.63, 3.8) is 0 Å². The minimum absolute atomic E-state index is 0.343. The highest BCUT2D eigenvalue weighted by atomic mass is 79.9. The van der Waals surface area contributed by atoms with Crippen LogP contribution in [0.3, 0.4) is 0 Å². The van der Waals surface area contributed by atoms with E-state index in [1.165, 1.54) is 10.9 Å². The molecule has 2 rings (SSSR count). The van der Waals surface area contributed by atoms with Gasteiger partial charge in [0.25, 0.3) is 0 Å². The van der Waals surface area contributed by atoms with Gasteiger partial charge >= 0.3 is 6.09 Å². The van der Waals surface area contributed by atoms with E-state index in [0.29, 0.717) is 11.5 Å². The molecule has 2 aromatic heterocycles. The highest BCUT2D eigenvalue weighted by Crippen LogP contribution is 2.19. The van der Waals surface area contributed by atoms with E-state index in [1.54, 1.807) is 39.1 Å². The Balaban J connectivity index is 2.35. The summed E-state index contributed by atoms with van der Waals surface area (Å²) in [4.78, 5) is 16.2. The molecule has 7 heteroatoms. The summed E-state index contributed by atoms with van der Waals surface area (Å²) in [6.45, 7) is 5.39. The third kappa shape index (κ3) is 3.37. The molecule has 0 unspecified atom stereocenters. The molecule has 2 aromatic rings. The summed E-state index contributed by atoms with van der Waals surface area (Å²) in [7, 11) is 0. The predicted octanol–water partition coefficient (Wildman–Crippen LogP) is 2.89. The molecule has 2 heterocycles. The normalized spacial score (nSPS) is 11.4. The number of aromatic nitrogens is 4. The Hall–Kier alpha value is -1.76. The highest BCUT2D eigenvalue weighted by molar-refractivity contribution is 9.10. The lowest BCUT2D eigenvalue weighted by atomic mass is 10.2. The molecule has 0 radical (unpaired) electrons. The summed E-state index contributed by atoms with van der Waals surface area (Å²) in [6.07, 6.45) is 2.40. The number of hydrogen-bond donors (Lipinski definition) is 0. The molecule has 0 saturated heterocycles. The zero-order valence-electron chi connectivity index (χ0n) is 10.8. The molecule has 0 N–H and O–H groups in total. The minimum Gasteiger partial charge on any atom is -0.443 e. The second-order valence-electron chi connectivity index (χ2n) is 4.86. The maximum Gasteiger partial charge on any atom is 0.421 e. The zero-order valence-corrected chi connectivity index (χ0v) is 12.4. The quantitative estimate of drug-likeness (QED) is 0.806. The van der Waals surface area contributed by atoms with Crippen LogP contribution >= 0.6 is 15.9 Å². The molecule has 0 atom stereocenters. The van der Waals surface area contributed by atoms with Gasteiger partial charge in [0.05, 0.1) is 0 Å². The fourth-order valence-corrected chi connectivity index (χ4v) is 1.72. The first kappa shape index (κ1) is 13.7. The Kier molecular flexibility index (Phi) is 3.66. The Morgan fingerprint density at radius 2 is 2.16 bits per heavy atom. The average Bonchev–Trinajstić information content (AvgIpc) is 2.75. The standard InChI is InChI=1S/C12H13BrN4O2/c1-12(2,3)19-11(18)17-7-15-16-10(17)9-6-8(13)4-5-14-9/h4-7H,1-3H3. The number of nitrogens with zero attached hydrogens (tertiary/aromatic N) is 4. The Labute approximate surface area is 119 Å². The van der Waals surface area contributed by atoms with Gasteiger partial charge in [-0.05, 0) is 32.9 Å². The molecule has 0 amide bonds. The van der Waals surface area contributed by atoms with E-state index in [4.69, 9.17) is 4.74 Å². The SMILES string of the molecule is CC(C)(C)OC(=O)n1cnnc1-c1cc(Br)ccn1. The lowest BCUT2D eigenvalue weighted by Crippen LogP contribution is -2.27. The smallest absolute Gasteiger partial charge is 0.421 e. The van der Waals surface area contributed by atoms with Crippen LogP contribution in [-0.2, 0) is 4.74 Å². The third-order valence-corrected chi connectivity index (χ3v) is 2.58. The van der Waals surface area contributed by atoms with Gasteiger partial charge in [0, 0.05) is 10.7 Å². The van der Waals surface area contributed by atoms with Gasteiger partial charge in [-0.25, -0.2) is 9.36 Å². The number of ether oxygens (including phenoxy) is 1. The maximum atomic E-state index is 12.0. The lowest BCUT2D eigenvalue weighted by molar-refractivity contribution is 0.0539. The first-order valence-electron chi connectivity index (χ1n) is 5.62. The molecule has 0 aliphatic rings. The van der Waals surface area contributed by atoms with Crippen molar-refractivity contribution in [3.8, 4) is 11.5 Å². The Bertz CT molecular complexity index is 604. The summed E-state index contributed by atoms with van der Waals surface area (Å²) in [6, 6.07) is 3.54. The van der Waals surface area contributed by atoms with Crippen LogP contribution < -0.4 is 0 Å². The van der Waals surface area contributed by atoms with Gasteiger partial charge in [-0.15, -0.1) is 10.2 Å². The van der Waals surface area contributed by atoms with Gasteiger partial charge in [-0.3, -0.25) is 4.98 Å². The van der Waals surface area contributed by atoms with Gasteiger partial charge in [0.15, 0.2) is 5.82 Å². The van der Waals surface area contributed by atoms with E-state index in [0.717, 1.165) is 4.47 Å². The highest BCUT2D eigenvalue weighted by Gasteiger charge is 2.21. The van der Waals surface area contributed by atoms with Crippen molar-refractivity contribution in [1.82, 2.24) is 19.7 Å². The minimum atomic E-state index is -0.580. The second kappa shape index (κ2) is 5.08. The van der Waals surface area contributed by atoms with Crippen molar-refractivity contribution in [1.29, 1.82) is 0 Å². The number of hydrogen-bond acceptors (Lipinski definition) is 5. The second-order valence-corrected chi connectivity index (χ2v) is 5.78. The first-order valence-corrected chi connectivity index (χ1v) is 6.41. The largest absolute Gasteiger partial charge is 0.443 e. The fraction of sp³-hybridized carbons (Fsp3) is 0.333. The van der Waals surface area contributed by atoms with Gasteiger partial charge in [0.1, 0.15) is 17.6 Å². The summed E-state index contributed by atoms with van der Waals surface area (Å²) in [5.74, 6) is 0.343. The summed E-state index contributed by atoms with van der Waals surface area (Å²) in [5, 5.41) is 7.64. The van der Waals surface area contributed by atoms with Gasteiger partial charge in [-0.1, -0.05) is 15.9 Å². The Morgan fingerprint density at radius 1 is 1.42 bits per heavy atom. The fourth-order valence-electron chi connectivity index (χ4n) is 1.38. The van der Waals surface area contributed by atoms with Crippen LogP contribution in [0.2, 0.25) is 0 Å². The van der Waals surface area contributed by atoms with Crippen molar-refractivity contribution in [2.24, 2.45) is 0 Å².